The van der Waals surface area contributed by atoms with Gasteiger partial charge in [0, 0.05) is 17.0 Å². The van der Waals surface area contributed by atoms with Gasteiger partial charge in [0.15, 0.2) is 5.11 Å². The highest BCUT2D eigenvalue weighted by atomic mass is 35.5. The van der Waals surface area contributed by atoms with Crippen molar-refractivity contribution in [1.29, 1.82) is 0 Å². The molecule has 1 saturated heterocycles. The Bertz CT molecular complexity index is 1560. The van der Waals surface area contributed by atoms with Crippen LogP contribution in [0.5, 0.6) is 5.75 Å². The van der Waals surface area contributed by atoms with Crippen molar-refractivity contribution in [1.82, 2.24) is 0 Å². The summed E-state index contributed by atoms with van der Waals surface area (Å²) in [7, 11) is 0. The largest absolute Gasteiger partial charge is 0.494 e. The molecule has 0 unspecified atom stereocenters. The molecule has 5 nitrogen and oxygen atoms in total. The van der Waals surface area contributed by atoms with Gasteiger partial charge in [-0.1, -0.05) is 60.1 Å². The molecular weight excluding hydrogens is 547 g/mol. The van der Waals surface area contributed by atoms with E-state index >= 15 is 0 Å². The Kier molecular flexibility index (Phi) is 8.05. The Hall–Kier alpha value is -4.33. The predicted octanol–water partition coefficient (Wildman–Crippen LogP) is 7.22. The molecule has 200 valence electrons. The molecule has 2 amide bonds. The number of thiocarbonyl (C=S) groups is 1. The normalized spacial score (nSPS) is 13.6. The van der Waals surface area contributed by atoms with Crippen LogP contribution in [-0.4, -0.2) is 23.5 Å². The predicted molar refractivity (Wildman–Crippen MR) is 160 cm³/mol. The second-order valence-electron chi connectivity index (χ2n) is 9.01. The molecule has 1 aliphatic rings. The van der Waals surface area contributed by atoms with Gasteiger partial charge in [0.1, 0.15) is 17.1 Å². The van der Waals surface area contributed by atoms with Gasteiger partial charge in [-0.05, 0) is 84.9 Å². The van der Waals surface area contributed by atoms with Crippen LogP contribution in [0.1, 0.15) is 23.6 Å². The second kappa shape index (κ2) is 11.8. The fraction of sp³-hybridized carbons (Fsp3) is 0.0938. The Morgan fingerprint density at radius 2 is 1.45 bits per heavy atom. The lowest BCUT2D eigenvalue weighted by Crippen LogP contribution is -2.56. The lowest BCUT2D eigenvalue weighted by atomic mass is 10.00. The number of benzene rings is 4. The van der Waals surface area contributed by atoms with Gasteiger partial charge in [-0.3, -0.25) is 19.4 Å². The molecule has 1 fully saturated rings. The molecule has 0 spiro atoms. The van der Waals surface area contributed by atoms with Gasteiger partial charge in [0.25, 0.3) is 11.8 Å². The molecule has 8 heteroatoms. The fourth-order valence-corrected chi connectivity index (χ4v) is 5.19. The highest BCUT2D eigenvalue weighted by molar-refractivity contribution is 7.81. The zero-order valence-electron chi connectivity index (χ0n) is 21.5. The van der Waals surface area contributed by atoms with E-state index in [9.17, 15) is 14.0 Å². The molecule has 4 aromatic carbocycles. The first-order chi connectivity index (χ1) is 19.4. The maximum absolute atomic E-state index is 13.8. The molecule has 0 aromatic heterocycles. The molecule has 40 heavy (non-hydrogen) atoms. The molecule has 0 bridgehead atoms. The van der Waals surface area contributed by atoms with Gasteiger partial charge in [-0.2, -0.15) is 0 Å². The summed E-state index contributed by atoms with van der Waals surface area (Å²) in [5, 5.41) is 0.427. The molecule has 0 N–H and O–H groups in total. The Labute approximate surface area is 242 Å². The summed E-state index contributed by atoms with van der Waals surface area (Å²) < 4.78 is 19.7. The van der Waals surface area contributed by atoms with Crippen LogP contribution in [0, 0.1) is 5.82 Å². The van der Waals surface area contributed by atoms with Gasteiger partial charge in [0.05, 0.1) is 18.0 Å². The van der Waals surface area contributed by atoms with Crippen molar-refractivity contribution in [3.63, 3.8) is 0 Å². The third-order valence-electron chi connectivity index (χ3n) is 6.34. The number of anilines is 2. The van der Waals surface area contributed by atoms with Crippen LogP contribution in [0.25, 0.3) is 6.08 Å². The van der Waals surface area contributed by atoms with Crippen LogP contribution in [0.3, 0.4) is 0 Å². The van der Waals surface area contributed by atoms with Gasteiger partial charge < -0.3 is 4.74 Å². The molecule has 1 aliphatic heterocycles. The average molecular weight is 571 g/mol. The Balaban J connectivity index is 1.60. The topological polar surface area (TPSA) is 49.9 Å². The third-order valence-corrected chi connectivity index (χ3v) is 7.04. The monoisotopic (exact) mass is 570 g/mol. The van der Waals surface area contributed by atoms with E-state index in [-0.39, 0.29) is 16.5 Å². The van der Waals surface area contributed by atoms with E-state index in [1.54, 1.807) is 66.7 Å². The van der Waals surface area contributed by atoms with Crippen LogP contribution in [0.15, 0.2) is 103 Å². The van der Waals surface area contributed by atoms with E-state index in [4.69, 9.17) is 28.6 Å². The molecule has 0 radical (unpaired) electrons. The number of carbonyl (C=O) groups is 2. The summed E-state index contributed by atoms with van der Waals surface area (Å²) in [6, 6.07) is 27.5. The van der Waals surface area contributed by atoms with Crippen LogP contribution >= 0.6 is 23.8 Å². The highest BCUT2D eigenvalue weighted by Crippen LogP contribution is 2.34. The van der Waals surface area contributed by atoms with E-state index in [2.05, 4.69) is 0 Å². The van der Waals surface area contributed by atoms with Crippen molar-refractivity contribution in [3.8, 4) is 5.75 Å². The maximum Gasteiger partial charge on any atom is 0.270 e. The first-order valence-electron chi connectivity index (χ1n) is 12.6. The van der Waals surface area contributed by atoms with Crippen LogP contribution in [0.4, 0.5) is 15.8 Å². The summed E-state index contributed by atoms with van der Waals surface area (Å²) in [5.41, 5.74) is 2.90. The molecule has 1 heterocycles. The number of amides is 2. The smallest absolute Gasteiger partial charge is 0.270 e. The number of ether oxygens (including phenoxy) is 1. The summed E-state index contributed by atoms with van der Waals surface area (Å²) >= 11 is 12.4. The zero-order valence-corrected chi connectivity index (χ0v) is 23.1. The molecular formula is C32H24ClFN2O3S. The summed E-state index contributed by atoms with van der Waals surface area (Å²) in [4.78, 5) is 30.3. The minimum Gasteiger partial charge on any atom is -0.494 e. The van der Waals surface area contributed by atoms with E-state index < -0.39 is 11.8 Å². The quantitative estimate of drug-likeness (QED) is 0.134. The van der Waals surface area contributed by atoms with E-state index in [0.717, 1.165) is 5.56 Å². The second-order valence-corrected chi connectivity index (χ2v) is 9.78. The number of nitrogens with zero attached hydrogens (tertiary/aromatic N) is 2. The van der Waals surface area contributed by atoms with Crippen LogP contribution in [-0.2, 0) is 16.0 Å². The van der Waals surface area contributed by atoms with Crippen molar-refractivity contribution >= 4 is 58.2 Å². The fourth-order valence-electron chi connectivity index (χ4n) is 4.53. The third kappa shape index (κ3) is 5.52. The minimum atomic E-state index is -0.550. The number of para-hydroxylation sites is 2. The number of hydrogen-bond donors (Lipinski definition) is 0. The van der Waals surface area contributed by atoms with Crippen molar-refractivity contribution in [2.45, 2.75) is 13.3 Å². The first-order valence-corrected chi connectivity index (χ1v) is 13.4. The van der Waals surface area contributed by atoms with E-state index in [1.165, 1.54) is 28.0 Å². The van der Waals surface area contributed by atoms with Gasteiger partial charge in [0.2, 0.25) is 0 Å². The van der Waals surface area contributed by atoms with E-state index in [1.807, 2.05) is 25.1 Å². The van der Waals surface area contributed by atoms with Crippen LogP contribution < -0.4 is 14.5 Å². The summed E-state index contributed by atoms with van der Waals surface area (Å²) in [5.74, 6) is -0.958. The summed E-state index contributed by atoms with van der Waals surface area (Å²) in [6.07, 6.45) is 1.84. The lowest BCUT2D eigenvalue weighted by Gasteiger charge is -2.36. The van der Waals surface area contributed by atoms with Crippen molar-refractivity contribution in [2.24, 2.45) is 0 Å². The minimum absolute atomic E-state index is 0.0584. The lowest BCUT2D eigenvalue weighted by molar-refractivity contribution is -0.120. The van der Waals surface area contributed by atoms with Crippen molar-refractivity contribution in [3.05, 3.63) is 130 Å². The van der Waals surface area contributed by atoms with Gasteiger partial charge in [-0.15, -0.1) is 0 Å². The van der Waals surface area contributed by atoms with Gasteiger partial charge in [-0.25, -0.2) is 4.39 Å². The number of carbonyl (C=O) groups excluding carboxylic acids is 2. The molecule has 5 rings (SSSR count). The number of hydrogen-bond acceptors (Lipinski definition) is 4. The maximum atomic E-state index is 13.8. The first kappa shape index (κ1) is 27.2. The van der Waals surface area contributed by atoms with Crippen LogP contribution in [0.2, 0.25) is 5.02 Å². The van der Waals surface area contributed by atoms with E-state index in [0.29, 0.717) is 46.3 Å². The standard InChI is InChI=1S/C32H24ClFN2O3S/c1-2-39-29-20-22(19-28(33)26(29)17-21-10-9-11-23(34)16-21)18-27-30(37)35(24-12-5-3-6-13-24)32(40)36(31(27)38)25-14-7-4-8-15-25/h3-16,18-20H,2,17H2,1H3. The SMILES string of the molecule is CCOc1cc(C=C2C(=O)N(c3ccccc3)C(=S)N(c3ccccc3)C2=O)cc(Cl)c1Cc1cccc(F)c1. The Morgan fingerprint density at radius 1 is 0.850 bits per heavy atom. The Morgan fingerprint density at radius 3 is 2.00 bits per heavy atom. The number of halogens is 2. The molecule has 0 aliphatic carbocycles. The summed E-state index contributed by atoms with van der Waals surface area (Å²) in [6.45, 7) is 2.21. The number of rotatable bonds is 7. The molecule has 0 atom stereocenters. The van der Waals surface area contributed by atoms with Crippen molar-refractivity contribution < 1.29 is 18.7 Å². The molecule has 4 aromatic rings. The van der Waals surface area contributed by atoms with Gasteiger partial charge >= 0.3 is 0 Å². The average Bonchev–Trinajstić information content (AvgIpc) is 2.94. The highest BCUT2D eigenvalue weighted by Gasteiger charge is 2.41. The zero-order chi connectivity index (χ0) is 28.2. The molecule has 0 saturated carbocycles. The van der Waals surface area contributed by atoms with Crippen molar-refractivity contribution in [2.75, 3.05) is 16.4 Å².